The summed E-state index contributed by atoms with van der Waals surface area (Å²) in [5, 5.41) is 28.6. The van der Waals surface area contributed by atoms with Crippen LogP contribution < -0.4 is 0 Å². The summed E-state index contributed by atoms with van der Waals surface area (Å²) in [6.07, 6.45) is -3.43. The second-order valence-corrected chi connectivity index (χ2v) is 3.49. The Bertz CT molecular complexity index is 373. The summed E-state index contributed by atoms with van der Waals surface area (Å²) in [7, 11) is 1.07. The lowest BCUT2D eigenvalue weighted by atomic mass is 10.0. The van der Waals surface area contributed by atoms with Crippen LogP contribution in [0.1, 0.15) is 11.7 Å². The van der Waals surface area contributed by atoms with E-state index in [0.717, 1.165) is 7.11 Å². The Labute approximate surface area is 96.9 Å². The zero-order chi connectivity index (χ0) is 12.3. The number of aromatic hydroxyl groups is 1. The van der Waals surface area contributed by atoms with Crippen LogP contribution in [0.3, 0.4) is 0 Å². The van der Waals surface area contributed by atoms with Gasteiger partial charge in [-0.25, -0.2) is 4.79 Å². The van der Waals surface area contributed by atoms with Gasteiger partial charge < -0.3 is 20.1 Å². The van der Waals surface area contributed by atoms with E-state index in [9.17, 15) is 20.1 Å². The molecule has 16 heavy (non-hydrogen) atoms. The molecular weight excluding hydrogens is 236 g/mol. The number of aliphatic hydroxyl groups excluding tert-OH is 2. The molecule has 0 fully saturated rings. The molecule has 0 radical (unpaired) electrons. The van der Waals surface area contributed by atoms with Gasteiger partial charge in [0.05, 0.1) is 12.1 Å². The predicted molar refractivity (Wildman–Crippen MR) is 56.1 cm³/mol. The molecule has 1 rings (SSSR count). The van der Waals surface area contributed by atoms with Crippen LogP contribution in [-0.4, -0.2) is 34.5 Å². The van der Waals surface area contributed by atoms with E-state index in [-0.39, 0.29) is 16.3 Å². The molecular formula is C10H11ClO5. The molecule has 2 unspecified atom stereocenters. The van der Waals surface area contributed by atoms with E-state index in [2.05, 4.69) is 4.74 Å². The molecule has 5 nitrogen and oxygen atoms in total. The number of esters is 1. The summed E-state index contributed by atoms with van der Waals surface area (Å²) in [4.78, 5) is 11.0. The van der Waals surface area contributed by atoms with E-state index < -0.39 is 18.2 Å². The van der Waals surface area contributed by atoms with Crippen molar-refractivity contribution in [3.8, 4) is 5.75 Å². The minimum absolute atomic E-state index is 0.0513. The molecule has 1 aromatic carbocycles. The van der Waals surface area contributed by atoms with Crippen LogP contribution in [0.5, 0.6) is 5.75 Å². The number of halogens is 1. The van der Waals surface area contributed by atoms with Crippen molar-refractivity contribution in [1.29, 1.82) is 0 Å². The molecule has 1 aromatic rings. The van der Waals surface area contributed by atoms with Crippen molar-refractivity contribution in [1.82, 2.24) is 0 Å². The molecule has 0 aromatic heterocycles. The fourth-order valence-electron chi connectivity index (χ4n) is 1.23. The lowest BCUT2D eigenvalue weighted by molar-refractivity contribution is -0.156. The Kier molecular flexibility index (Phi) is 4.12. The standard InChI is InChI=1S/C10H11ClO5/c1-16-10(15)9(14)8(13)7-5(11)3-2-4-6(7)12/h2-4,8-9,12-14H,1H3. The number of rotatable bonds is 3. The van der Waals surface area contributed by atoms with Crippen molar-refractivity contribution in [3.05, 3.63) is 28.8 Å². The third-order valence-electron chi connectivity index (χ3n) is 2.07. The molecule has 0 aliphatic carbocycles. The summed E-state index contributed by atoms with van der Waals surface area (Å²) >= 11 is 5.73. The molecule has 0 aliphatic rings. The maximum absolute atomic E-state index is 11.0. The van der Waals surface area contributed by atoms with Gasteiger partial charge in [0.1, 0.15) is 11.9 Å². The van der Waals surface area contributed by atoms with Gasteiger partial charge >= 0.3 is 5.97 Å². The molecule has 0 saturated carbocycles. The van der Waals surface area contributed by atoms with Crippen molar-refractivity contribution in [2.45, 2.75) is 12.2 Å². The molecule has 0 saturated heterocycles. The number of phenolic OH excluding ortho intramolecular Hbond substituents is 1. The van der Waals surface area contributed by atoms with Gasteiger partial charge in [0.25, 0.3) is 0 Å². The highest BCUT2D eigenvalue weighted by atomic mass is 35.5. The van der Waals surface area contributed by atoms with Gasteiger partial charge in [-0.2, -0.15) is 0 Å². The van der Waals surface area contributed by atoms with Crippen molar-refractivity contribution in [2.75, 3.05) is 7.11 Å². The van der Waals surface area contributed by atoms with Crippen LogP contribution in [0.15, 0.2) is 18.2 Å². The number of hydrogen-bond donors (Lipinski definition) is 3. The minimum atomic E-state index is -1.80. The van der Waals surface area contributed by atoms with Crippen molar-refractivity contribution in [3.63, 3.8) is 0 Å². The van der Waals surface area contributed by atoms with E-state index in [1.165, 1.54) is 18.2 Å². The second-order valence-electron chi connectivity index (χ2n) is 3.09. The number of methoxy groups -OCH3 is 1. The third-order valence-corrected chi connectivity index (χ3v) is 2.40. The maximum atomic E-state index is 11.0. The summed E-state index contributed by atoms with van der Waals surface area (Å²) in [6, 6.07) is 4.18. The van der Waals surface area contributed by atoms with E-state index in [1.807, 2.05) is 0 Å². The molecule has 0 bridgehead atoms. The zero-order valence-corrected chi connectivity index (χ0v) is 9.18. The molecule has 0 heterocycles. The molecule has 0 amide bonds. The van der Waals surface area contributed by atoms with Gasteiger partial charge in [0.2, 0.25) is 0 Å². The van der Waals surface area contributed by atoms with Gasteiger partial charge in [-0.05, 0) is 12.1 Å². The first kappa shape index (κ1) is 12.8. The van der Waals surface area contributed by atoms with Gasteiger partial charge in [0.15, 0.2) is 6.10 Å². The summed E-state index contributed by atoms with van der Waals surface area (Å²) in [5.41, 5.74) is -0.109. The Morgan fingerprint density at radius 3 is 2.56 bits per heavy atom. The fraction of sp³-hybridized carbons (Fsp3) is 0.300. The van der Waals surface area contributed by atoms with E-state index in [0.29, 0.717) is 0 Å². The number of carbonyl (C=O) groups excluding carboxylic acids is 1. The van der Waals surface area contributed by atoms with Crippen molar-refractivity contribution < 1.29 is 24.9 Å². The molecule has 0 aliphatic heterocycles. The Morgan fingerprint density at radius 1 is 1.44 bits per heavy atom. The lowest BCUT2D eigenvalue weighted by Crippen LogP contribution is -2.29. The average Bonchev–Trinajstić information content (AvgIpc) is 2.26. The number of benzene rings is 1. The summed E-state index contributed by atoms with van der Waals surface area (Å²) < 4.78 is 4.26. The lowest BCUT2D eigenvalue weighted by Gasteiger charge is -2.18. The van der Waals surface area contributed by atoms with Crippen LogP contribution in [0, 0.1) is 0 Å². The SMILES string of the molecule is COC(=O)C(O)C(O)c1c(O)cccc1Cl. The quantitative estimate of drug-likeness (QED) is 0.681. The van der Waals surface area contributed by atoms with Gasteiger partial charge in [-0.15, -0.1) is 0 Å². The first-order valence-corrected chi connectivity index (χ1v) is 4.78. The van der Waals surface area contributed by atoms with Gasteiger partial charge in [-0.1, -0.05) is 17.7 Å². The van der Waals surface area contributed by atoms with E-state index >= 15 is 0 Å². The normalized spacial score (nSPS) is 14.2. The zero-order valence-electron chi connectivity index (χ0n) is 8.42. The van der Waals surface area contributed by atoms with Crippen molar-refractivity contribution >= 4 is 17.6 Å². The van der Waals surface area contributed by atoms with Gasteiger partial charge in [-0.3, -0.25) is 0 Å². The number of ether oxygens (including phenoxy) is 1. The summed E-state index contributed by atoms with van der Waals surface area (Å²) in [6.45, 7) is 0. The molecule has 6 heteroatoms. The number of aliphatic hydroxyl groups is 2. The molecule has 3 N–H and O–H groups in total. The fourth-order valence-corrected chi connectivity index (χ4v) is 1.51. The minimum Gasteiger partial charge on any atom is -0.508 e. The Morgan fingerprint density at radius 2 is 2.06 bits per heavy atom. The first-order chi connectivity index (χ1) is 7.49. The molecule has 0 spiro atoms. The largest absolute Gasteiger partial charge is 0.508 e. The monoisotopic (exact) mass is 246 g/mol. The Balaban J connectivity index is 3.04. The molecule has 88 valence electrons. The van der Waals surface area contributed by atoms with E-state index in [4.69, 9.17) is 11.6 Å². The van der Waals surface area contributed by atoms with Crippen LogP contribution in [0.2, 0.25) is 5.02 Å². The third kappa shape index (κ3) is 2.44. The smallest absolute Gasteiger partial charge is 0.337 e. The second kappa shape index (κ2) is 5.16. The number of hydrogen-bond acceptors (Lipinski definition) is 5. The highest BCUT2D eigenvalue weighted by Crippen LogP contribution is 2.33. The van der Waals surface area contributed by atoms with Crippen LogP contribution in [0.4, 0.5) is 0 Å². The Hall–Kier alpha value is -1.30. The average molecular weight is 247 g/mol. The van der Waals surface area contributed by atoms with Gasteiger partial charge in [0, 0.05) is 5.56 Å². The summed E-state index contributed by atoms with van der Waals surface area (Å²) in [5.74, 6) is -1.31. The first-order valence-electron chi connectivity index (χ1n) is 4.40. The van der Waals surface area contributed by atoms with Crippen LogP contribution >= 0.6 is 11.6 Å². The molecule has 2 atom stereocenters. The predicted octanol–water partition coefficient (Wildman–Crippen LogP) is 0.613. The highest BCUT2D eigenvalue weighted by molar-refractivity contribution is 6.31. The van der Waals surface area contributed by atoms with Crippen LogP contribution in [0.25, 0.3) is 0 Å². The maximum Gasteiger partial charge on any atom is 0.337 e. The number of carbonyl (C=O) groups is 1. The van der Waals surface area contributed by atoms with Crippen molar-refractivity contribution in [2.24, 2.45) is 0 Å². The van der Waals surface area contributed by atoms with Crippen LogP contribution in [-0.2, 0) is 9.53 Å². The van der Waals surface area contributed by atoms with E-state index in [1.54, 1.807) is 0 Å². The highest BCUT2D eigenvalue weighted by Gasteiger charge is 2.29. The topological polar surface area (TPSA) is 87.0 Å². The number of phenols is 1.